The van der Waals surface area contributed by atoms with Crippen LogP contribution >= 0.6 is 11.6 Å². The number of halogens is 3. The van der Waals surface area contributed by atoms with E-state index in [1.165, 1.54) is 26.4 Å². The molecular weight excluding hydrogens is 352 g/mol. The van der Waals surface area contributed by atoms with Crippen molar-refractivity contribution < 1.29 is 26.7 Å². The van der Waals surface area contributed by atoms with Gasteiger partial charge in [-0.1, -0.05) is 17.7 Å². The van der Waals surface area contributed by atoms with Crippen molar-refractivity contribution in [3.63, 3.8) is 0 Å². The third-order valence-electron chi connectivity index (χ3n) is 2.91. The molecule has 23 heavy (non-hydrogen) atoms. The first-order chi connectivity index (χ1) is 10.8. The van der Waals surface area contributed by atoms with Gasteiger partial charge in [0.1, 0.15) is 11.6 Å². The van der Waals surface area contributed by atoms with Crippen molar-refractivity contribution in [2.45, 2.75) is 4.90 Å². The van der Waals surface area contributed by atoms with Crippen LogP contribution < -0.4 is 14.2 Å². The van der Waals surface area contributed by atoms with E-state index in [4.69, 9.17) is 21.1 Å². The molecule has 2 aromatic rings. The van der Waals surface area contributed by atoms with Crippen molar-refractivity contribution in [3.05, 3.63) is 47.0 Å². The lowest BCUT2D eigenvalue weighted by atomic mass is 10.3. The van der Waals surface area contributed by atoms with Crippen molar-refractivity contribution in [2.75, 3.05) is 18.9 Å². The normalized spacial score (nSPS) is 11.2. The molecule has 0 spiro atoms. The number of rotatable bonds is 5. The summed E-state index contributed by atoms with van der Waals surface area (Å²) in [6.07, 6.45) is 0. The third kappa shape index (κ3) is 3.48. The van der Waals surface area contributed by atoms with Crippen molar-refractivity contribution >= 4 is 27.3 Å². The molecule has 0 amide bonds. The minimum atomic E-state index is -4.52. The lowest BCUT2D eigenvalue weighted by molar-refractivity contribution is 0.355. The zero-order valence-corrected chi connectivity index (χ0v) is 13.6. The molecule has 124 valence electrons. The van der Waals surface area contributed by atoms with Gasteiger partial charge in [-0.2, -0.15) is 0 Å². The van der Waals surface area contributed by atoms with Gasteiger partial charge in [-0.05, 0) is 12.1 Å². The highest BCUT2D eigenvalue weighted by Gasteiger charge is 2.25. The van der Waals surface area contributed by atoms with Crippen LogP contribution in [-0.2, 0) is 10.0 Å². The smallest absolute Gasteiger partial charge is 0.267 e. The number of nitrogens with one attached hydrogen (secondary N) is 1. The van der Waals surface area contributed by atoms with E-state index in [0.29, 0.717) is 0 Å². The molecule has 0 aliphatic rings. The fraction of sp³-hybridized carbons (Fsp3) is 0.143. The Hall–Kier alpha value is -2.06. The minimum Gasteiger partial charge on any atom is -0.493 e. The molecule has 1 N–H and O–H groups in total. The summed E-state index contributed by atoms with van der Waals surface area (Å²) in [4.78, 5) is -1.09. The Morgan fingerprint density at radius 2 is 1.57 bits per heavy atom. The Morgan fingerprint density at radius 1 is 1.04 bits per heavy atom. The van der Waals surface area contributed by atoms with E-state index in [2.05, 4.69) is 0 Å². The summed E-state index contributed by atoms with van der Waals surface area (Å²) in [5.74, 6) is -1.95. The maximum Gasteiger partial charge on any atom is 0.267 e. The van der Waals surface area contributed by atoms with Gasteiger partial charge in [-0.15, -0.1) is 0 Å². The maximum atomic E-state index is 13.7. The Kier molecular flexibility index (Phi) is 4.96. The number of ether oxygens (including phenoxy) is 2. The van der Waals surface area contributed by atoms with E-state index in [9.17, 15) is 17.2 Å². The first-order valence-electron chi connectivity index (χ1n) is 6.18. The minimum absolute atomic E-state index is 0.0250. The SMILES string of the molecule is COc1cc(Cl)c(NS(=O)(=O)c2c(F)cccc2F)cc1OC. The average molecular weight is 364 g/mol. The van der Waals surface area contributed by atoms with E-state index in [1.54, 1.807) is 0 Å². The maximum absolute atomic E-state index is 13.7. The fourth-order valence-electron chi connectivity index (χ4n) is 1.87. The van der Waals surface area contributed by atoms with Crippen LogP contribution in [0.1, 0.15) is 0 Å². The second-order valence-corrected chi connectivity index (χ2v) is 6.37. The molecule has 2 rings (SSSR count). The van der Waals surface area contributed by atoms with Crippen molar-refractivity contribution in [3.8, 4) is 11.5 Å². The van der Waals surface area contributed by atoms with E-state index < -0.39 is 26.6 Å². The van der Waals surface area contributed by atoms with E-state index in [-0.39, 0.29) is 22.2 Å². The van der Waals surface area contributed by atoms with Gasteiger partial charge in [0.15, 0.2) is 16.4 Å². The number of anilines is 1. The molecule has 9 heteroatoms. The molecule has 0 atom stereocenters. The van der Waals surface area contributed by atoms with E-state index >= 15 is 0 Å². The second kappa shape index (κ2) is 6.59. The van der Waals surface area contributed by atoms with Crippen LogP contribution in [0.25, 0.3) is 0 Å². The van der Waals surface area contributed by atoms with Crippen LogP contribution in [0.5, 0.6) is 11.5 Å². The summed E-state index contributed by atoms with van der Waals surface area (Å²) in [5.41, 5.74) is -0.105. The number of benzene rings is 2. The molecule has 0 bridgehead atoms. The quantitative estimate of drug-likeness (QED) is 0.883. The van der Waals surface area contributed by atoms with Crippen LogP contribution in [0, 0.1) is 11.6 Å². The van der Waals surface area contributed by atoms with Gasteiger partial charge < -0.3 is 9.47 Å². The van der Waals surface area contributed by atoms with E-state index in [1.807, 2.05) is 4.72 Å². The standard InChI is InChI=1S/C14H12ClF2NO4S/c1-21-12-6-8(15)11(7-13(12)22-2)18-23(19,20)14-9(16)4-3-5-10(14)17/h3-7,18H,1-2H3. The topological polar surface area (TPSA) is 64.6 Å². The molecule has 0 saturated carbocycles. The first-order valence-corrected chi connectivity index (χ1v) is 8.04. The van der Waals surface area contributed by atoms with Crippen LogP contribution in [0.15, 0.2) is 35.2 Å². The molecule has 0 fully saturated rings. The Labute approximate surface area is 136 Å². The van der Waals surface area contributed by atoms with Crippen molar-refractivity contribution in [2.24, 2.45) is 0 Å². The van der Waals surface area contributed by atoms with Crippen molar-refractivity contribution in [1.82, 2.24) is 0 Å². The number of sulfonamides is 1. The van der Waals surface area contributed by atoms with Gasteiger partial charge in [-0.3, -0.25) is 4.72 Å². The highest BCUT2D eigenvalue weighted by atomic mass is 35.5. The molecule has 0 aliphatic heterocycles. The highest BCUT2D eigenvalue weighted by molar-refractivity contribution is 7.92. The molecule has 2 aromatic carbocycles. The summed E-state index contributed by atoms with van der Waals surface area (Å²) in [5, 5.41) is -0.0250. The summed E-state index contributed by atoms with van der Waals surface area (Å²) in [7, 11) is -1.79. The highest BCUT2D eigenvalue weighted by Crippen LogP contribution is 2.37. The largest absolute Gasteiger partial charge is 0.493 e. The van der Waals surface area contributed by atoms with Gasteiger partial charge in [0.05, 0.1) is 24.9 Å². The molecule has 0 radical (unpaired) electrons. The predicted octanol–water partition coefficient (Wildman–Crippen LogP) is 3.44. The monoisotopic (exact) mass is 363 g/mol. The number of hydrogen-bond donors (Lipinski definition) is 1. The fourth-order valence-corrected chi connectivity index (χ4v) is 3.33. The average Bonchev–Trinajstić information content (AvgIpc) is 2.48. The summed E-state index contributed by atoms with van der Waals surface area (Å²) < 4.78 is 63.9. The van der Waals surface area contributed by atoms with Crippen LogP contribution in [0.3, 0.4) is 0 Å². The van der Waals surface area contributed by atoms with Crippen LogP contribution in [-0.4, -0.2) is 22.6 Å². The van der Waals surface area contributed by atoms with Crippen molar-refractivity contribution in [1.29, 1.82) is 0 Å². The van der Waals surface area contributed by atoms with Gasteiger partial charge >= 0.3 is 0 Å². The molecule has 0 aliphatic carbocycles. The van der Waals surface area contributed by atoms with Crippen LogP contribution in [0.4, 0.5) is 14.5 Å². The van der Waals surface area contributed by atoms with Gasteiger partial charge in [-0.25, -0.2) is 17.2 Å². The Balaban J connectivity index is 2.50. The Bertz CT molecular complexity index is 823. The molecule has 0 heterocycles. The van der Waals surface area contributed by atoms with Gasteiger partial charge in [0, 0.05) is 12.1 Å². The molecule has 0 saturated heterocycles. The molecular formula is C14H12ClF2NO4S. The van der Waals surface area contributed by atoms with Crippen LogP contribution in [0.2, 0.25) is 5.02 Å². The first kappa shape index (κ1) is 17.3. The van der Waals surface area contributed by atoms with E-state index in [0.717, 1.165) is 18.2 Å². The second-order valence-electron chi connectivity index (χ2n) is 4.34. The third-order valence-corrected chi connectivity index (χ3v) is 4.63. The summed E-state index contributed by atoms with van der Waals surface area (Å²) in [6.45, 7) is 0. The van der Waals surface area contributed by atoms with Gasteiger partial charge in [0.2, 0.25) is 0 Å². The molecule has 0 unspecified atom stereocenters. The summed E-state index contributed by atoms with van der Waals surface area (Å²) in [6, 6.07) is 5.31. The molecule has 5 nitrogen and oxygen atoms in total. The lowest BCUT2D eigenvalue weighted by Gasteiger charge is -2.14. The predicted molar refractivity (Wildman–Crippen MR) is 81.7 cm³/mol. The zero-order chi connectivity index (χ0) is 17.2. The number of hydrogen-bond acceptors (Lipinski definition) is 4. The number of methoxy groups -OCH3 is 2. The van der Waals surface area contributed by atoms with Gasteiger partial charge in [0.25, 0.3) is 10.0 Å². The Morgan fingerprint density at radius 3 is 2.09 bits per heavy atom. The summed E-state index contributed by atoms with van der Waals surface area (Å²) >= 11 is 5.96. The molecule has 0 aromatic heterocycles. The lowest BCUT2D eigenvalue weighted by Crippen LogP contribution is -2.16. The zero-order valence-electron chi connectivity index (χ0n) is 12.1.